The van der Waals surface area contributed by atoms with Gasteiger partial charge >= 0.3 is 17.9 Å². The van der Waals surface area contributed by atoms with E-state index in [0.717, 1.165) is 109 Å². The smallest absolute Gasteiger partial charge is 0.306 e. The van der Waals surface area contributed by atoms with Gasteiger partial charge in [0, 0.05) is 19.3 Å². The molecule has 0 aliphatic heterocycles. The molecule has 0 amide bonds. The van der Waals surface area contributed by atoms with Crippen LogP contribution in [0.25, 0.3) is 0 Å². The minimum absolute atomic E-state index is 0.0873. The van der Waals surface area contributed by atoms with Gasteiger partial charge in [-0.3, -0.25) is 14.4 Å². The summed E-state index contributed by atoms with van der Waals surface area (Å²) in [5.41, 5.74) is 0. The summed E-state index contributed by atoms with van der Waals surface area (Å²) in [5, 5.41) is 0. The van der Waals surface area contributed by atoms with Gasteiger partial charge in [0.15, 0.2) is 6.10 Å². The zero-order valence-corrected chi connectivity index (χ0v) is 42.7. The van der Waals surface area contributed by atoms with E-state index in [9.17, 15) is 14.4 Å². The highest BCUT2D eigenvalue weighted by Gasteiger charge is 2.19. The Labute approximate surface area is 402 Å². The van der Waals surface area contributed by atoms with Crippen LogP contribution in [-0.4, -0.2) is 37.2 Å². The number of hydrogen-bond acceptors (Lipinski definition) is 6. The molecule has 0 aliphatic rings. The molecule has 0 saturated heterocycles. The number of carbonyl (C=O) groups is 3. The lowest BCUT2D eigenvalue weighted by Crippen LogP contribution is -2.30. The van der Waals surface area contributed by atoms with Crippen molar-refractivity contribution in [3.8, 4) is 0 Å². The Morgan fingerprint density at radius 3 is 0.969 bits per heavy atom. The minimum Gasteiger partial charge on any atom is -0.462 e. The molecule has 0 saturated carbocycles. The Kier molecular flexibility index (Phi) is 50.9. The molecule has 0 rings (SSSR count). The Hall–Kier alpha value is -3.15. The predicted molar refractivity (Wildman–Crippen MR) is 279 cm³/mol. The van der Waals surface area contributed by atoms with Crippen LogP contribution in [0.5, 0.6) is 0 Å². The number of hydrogen-bond donors (Lipinski definition) is 0. The molecular formula is C59H102O6. The molecule has 0 unspecified atom stereocenters. The van der Waals surface area contributed by atoms with Crippen LogP contribution in [0, 0.1) is 0 Å². The molecule has 6 nitrogen and oxygen atoms in total. The van der Waals surface area contributed by atoms with Gasteiger partial charge in [0.2, 0.25) is 0 Å². The average Bonchev–Trinajstić information content (AvgIpc) is 3.30. The lowest BCUT2D eigenvalue weighted by molar-refractivity contribution is -0.167. The number of esters is 3. The van der Waals surface area contributed by atoms with E-state index in [1.165, 1.54) is 116 Å². The molecule has 0 spiro atoms. The average molecular weight is 907 g/mol. The molecule has 0 aromatic rings. The van der Waals surface area contributed by atoms with Crippen LogP contribution in [0.2, 0.25) is 0 Å². The van der Waals surface area contributed by atoms with Gasteiger partial charge in [0.05, 0.1) is 0 Å². The molecule has 65 heavy (non-hydrogen) atoms. The standard InChI is InChI=1S/C59H102O6/c1-4-7-10-13-16-19-22-25-28-29-30-31-32-35-37-40-43-46-49-52-58(61)64-55-56(65-59(62)53-50-47-44-41-38-34-27-24-21-18-15-12-9-6-3)54-63-57(60)51-48-45-42-39-36-33-26-23-20-17-14-11-8-5-2/h7,10,16,19,24-25,27-28,30-31,35,37,56H,4-6,8-9,11-15,17-18,20-23,26,29,32-34,36,38-55H2,1-3H3/b10-7+,19-16+,27-24+,28-25+,31-30+,37-35+/t56-/m1/s1. The first kappa shape index (κ1) is 61.9. The van der Waals surface area contributed by atoms with Crippen molar-refractivity contribution in [3.05, 3.63) is 72.9 Å². The van der Waals surface area contributed by atoms with Crippen molar-refractivity contribution >= 4 is 17.9 Å². The fraction of sp³-hybridized carbons (Fsp3) is 0.746. The van der Waals surface area contributed by atoms with Crippen molar-refractivity contribution in [2.75, 3.05) is 13.2 Å². The summed E-state index contributed by atoms with van der Waals surface area (Å²) in [5.74, 6) is -0.923. The summed E-state index contributed by atoms with van der Waals surface area (Å²) in [4.78, 5) is 38.1. The molecule has 0 N–H and O–H groups in total. The van der Waals surface area contributed by atoms with Gasteiger partial charge in [0.1, 0.15) is 13.2 Å². The molecule has 0 aliphatic carbocycles. The Morgan fingerprint density at radius 2 is 0.600 bits per heavy atom. The number of allylic oxidation sites excluding steroid dienone is 12. The summed E-state index contributed by atoms with van der Waals surface area (Å²) in [6, 6.07) is 0. The van der Waals surface area contributed by atoms with Gasteiger partial charge in [0.25, 0.3) is 0 Å². The quantitative estimate of drug-likeness (QED) is 0.0262. The van der Waals surface area contributed by atoms with Gasteiger partial charge in [-0.15, -0.1) is 0 Å². The van der Waals surface area contributed by atoms with Crippen LogP contribution in [0.4, 0.5) is 0 Å². The SMILES string of the molecule is CC/C=C/C/C=C/C/C=C/C/C=C/C/C=C/CCCCCC(=O)OC[C@@H](COC(=O)CCCCCCCCCCCCCCCC)OC(=O)CCCCCCC/C=C/CCCCCCC. The maximum absolute atomic E-state index is 12.8. The predicted octanol–water partition coefficient (Wildman–Crippen LogP) is 18.2. The van der Waals surface area contributed by atoms with Crippen molar-refractivity contribution in [2.45, 2.75) is 271 Å². The van der Waals surface area contributed by atoms with Crippen LogP contribution in [0.1, 0.15) is 265 Å². The largest absolute Gasteiger partial charge is 0.462 e. The zero-order valence-electron chi connectivity index (χ0n) is 42.7. The van der Waals surface area contributed by atoms with Crippen LogP contribution in [0.3, 0.4) is 0 Å². The Morgan fingerprint density at radius 1 is 0.323 bits per heavy atom. The number of rotatable bonds is 49. The second-order valence-electron chi connectivity index (χ2n) is 18.1. The monoisotopic (exact) mass is 907 g/mol. The first-order valence-corrected chi connectivity index (χ1v) is 27.4. The second kappa shape index (κ2) is 53.5. The summed E-state index contributed by atoms with van der Waals surface area (Å²) < 4.78 is 16.8. The molecule has 0 radical (unpaired) electrons. The fourth-order valence-electron chi connectivity index (χ4n) is 7.58. The Bertz CT molecular complexity index is 1230. The van der Waals surface area contributed by atoms with E-state index in [2.05, 4.69) is 93.7 Å². The van der Waals surface area contributed by atoms with E-state index in [4.69, 9.17) is 14.2 Å². The van der Waals surface area contributed by atoms with Gasteiger partial charge in [-0.2, -0.15) is 0 Å². The third kappa shape index (κ3) is 51.7. The molecule has 0 aromatic heterocycles. The third-order valence-corrected chi connectivity index (χ3v) is 11.7. The third-order valence-electron chi connectivity index (χ3n) is 11.7. The van der Waals surface area contributed by atoms with Crippen molar-refractivity contribution in [1.29, 1.82) is 0 Å². The van der Waals surface area contributed by atoms with Gasteiger partial charge in [-0.1, -0.05) is 229 Å². The fourth-order valence-corrected chi connectivity index (χ4v) is 7.58. The summed E-state index contributed by atoms with van der Waals surface area (Å²) in [7, 11) is 0. The van der Waals surface area contributed by atoms with Gasteiger partial charge in [-0.25, -0.2) is 0 Å². The van der Waals surface area contributed by atoms with Crippen LogP contribution < -0.4 is 0 Å². The summed E-state index contributed by atoms with van der Waals surface area (Å²) >= 11 is 0. The van der Waals surface area contributed by atoms with E-state index in [0.29, 0.717) is 19.3 Å². The van der Waals surface area contributed by atoms with Crippen molar-refractivity contribution in [1.82, 2.24) is 0 Å². The number of ether oxygens (including phenoxy) is 3. The topological polar surface area (TPSA) is 78.9 Å². The molecule has 0 bridgehead atoms. The van der Waals surface area contributed by atoms with E-state index >= 15 is 0 Å². The van der Waals surface area contributed by atoms with E-state index in [1.54, 1.807) is 0 Å². The summed E-state index contributed by atoms with van der Waals surface area (Å²) in [6.45, 7) is 6.49. The van der Waals surface area contributed by atoms with Crippen LogP contribution >= 0.6 is 0 Å². The Balaban J connectivity index is 4.43. The lowest BCUT2D eigenvalue weighted by Gasteiger charge is -2.18. The maximum Gasteiger partial charge on any atom is 0.306 e. The first-order chi connectivity index (χ1) is 32.0. The van der Waals surface area contributed by atoms with Crippen molar-refractivity contribution < 1.29 is 28.6 Å². The van der Waals surface area contributed by atoms with Crippen molar-refractivity contribution in [3.63, 3.8) is 0 Å². The maximum atomic E-state index is 12.8. The second-order valence-corrected chi connectivity index (χ2v) is 18.1. The molecule has 374 valence electrons. The van der Waals surface area contributed by atoms with E-state index in [-0.39, 0.29) is 31.1 Å². The molecule has 0 aromatic carbocycles. The molecule has 0 heterocycles. The van der Waals surface area contributed by atoms with Gasteiger partial charge in [-0.05, 0) is 89.9 Å². The first-order valence-electron chi connectivity index (χ1n) is 27.4. The molecule has 1 atom stereocenters. The summed E-state index contributed by atoms with van der Waals surface area (Å²) in [6.07, 6.45) is 67.4. The number of unbranched alkanes of at least 4 members (excludes halogenated alkanes) is 26. The molecule has 6 heteroatoms. The lowest BCUT2D eigenvalue weighted by atomic mass is 10.0. The normalized spacial score (nSPS) is 12.6. The highest BCUT2D eigenvalue weighted by molar-refractivity contribution is 5.71. The molecule has 0 fully saturated rings. The minimum atomic E-state index is -0.791. The van der Waals surface area contributed by atoms with Gasteiger partial charge < -0.3 is 14.2 Å². The number of carbonyl (C=O) groups excluding carboxylic acids is 3. The molecular weight excluding hydrogens is 805 g/mol. The highest BCUT2D eigenvalue weighted by atomic mass is 16.6. The van der Waals surface area contributed by atoms with Crippen molar-refractivity contribution in [2.24, 2.45) is 0 Å². The van der Waals surface area contributed by atoms with E-state index in [1.807, 2.05) is 0 Å². The highest BCUT2D eigenvalue weighted by Crippen LogP contribution is 2.15. The van der Waals surface area contributed by atoms with Crippen LogP contribution in [0.15, 0.2) is 72.9 Å². The van der Waals surface area contributed by atoms with E-state index < -0.39 is 6.10 Å². The zero-order chi connectivity index (χ0) is 47.2. The van der Waals surface area contributed by atoms with Crippen LogP contribution in [-0.2, 0) is 28.6 Å².